The van der Waals surface area contributed by atoms with E-state index >= 15 is 0 Å². The van der Waals surface area contributed by atoms with Crippen LogP contribution < -0.4 is 21.2 Å². The second-order valence-electron chi connectivity index (χ2n) is 7.89. The topological polar surface area (TPSA) is 125 Å². The third-order valence-electron chi connectivity index (χ3n) is 5.32. The second kappa shape index (κ2) is 9.15. The van der Waals surface area contributed by atoms with Gasteiger partial charge in [0.05, 0.1) is 17.9 Å². The molecule has 1 aliphatic carbocycles. The van der Waals surface area contributed by atoms with Crippen molar-refractivity contribution in [1.29, 1.82) is 0 Å². The summed E-state index contributed by atoms with van der Waals surface area (Å²) in [6, 6.07) is 10.3. The normalized spacial score (nSPS) is 12.9. The molecule has 4 aromatic rings. The molecule has 0 spiro atoms. The maximum Gasteiger partial charge on any atom is 0.280 e. The monoisotopic (exact) mass is 492 g/mol. The smallest absolute Gasteiger partial charge is 0.280 e. The van der Waals surface area contributed by atoms with Crippen molar-refractivity contribution >= 4 is 29.0 Å². The van der Waals surface area contributed by atoms with Crippen LogP contribution in [0.5, 0.6) is 11.6 Å². The molecule has 1 fully saturated rings. The van der Waals surface area contributed by atoms with Crippen LogP contribution in [-0.4, -0.2) is 25.7 Å². The first-order valence-corrected chi connectivity index (χ1v) is 11.0. The van der Waals surface area contributed by atoms with Crippen LogP contribution in [0.25, 0.3) is 11.1 Å². The van der Waals surface area contributed by atoms with Crippen LogP contribution in [0.3, 0.4) is 0 Å². The molecule has 0 saturated heterocycles. The molecule has 176 valence electrons. The van der Waals surface area contributed by atoms with Crippen molar-refractivity contribution in [3.63, 3.8) is 0 Å². The maximum atomic E-state index is 13.4. The van der Waals surface area contributed by atoms with E-state index in [0.29, 0.717) is 11.3 Å². The van der Waals surface area contributed by atoms with E-state index < -0.39 is 17.2 Å². The summed E-state index contributed by atoms with van der Waals surface area (Å²) in [5.74, 6) is -0.485. The molecular weight excluding hydrogens is 475 g/mol. The molecule has 11 heteroatoms. The molecule has 1 amide bonds. The molecule has 3 aromatic heterocycles. The van der Waals surface area contributed by atoms with Gasteiger partial charge in [-0.05, 0) is 36.6 Å². The second-order valence-corrected chi connectivity index (χ2v) is 8.27. The first kappa shape index (κ1) is 22.5. The first-order chi connectivity index (χ1) is 16.9. The third kappa shape index (κ3) is 4.82. The highest BCUT2D eigenvalue weighted by Crippen LogP contribution is 2.34. The number of rotatable bonds is 6. The van der Waals surface area contributed by atoms with Crippen molar-refractivity contribution in [2.75, 3.05) is 11.1 Å². The van der Waals surface area contributed by atoms with Crippen molar-refractivity contribution in [2.45, 2.75) is 18.9 Å². The molecule has 0 unspecified atom stereocenters. The number of pyridine rings is 2. The molecule has 5 rings (SSSR count). The average molecular weight is 493 g/mol. The van der Waals surface area contributed by atoms with Crippen LogP contribution in [0.1, 0.15) is 29.4 Å². The largest absolute Gasteiger partial charge is 0.437 e. The summed E-state index contributed by atoms with van der Waals surface area (Å²) >= 11 is 6.08. The first-order valence-electron chi connectivity index (χ1n) is 10.6. The Kier molecular flexibility index (Phi) is 5.87. The summed E-state index contributed by atoms with van der Waals surface area (Å²) < 4.78 is 20.6. The summed E-state index contributed by atoms with van der Waals surface area (Å²) in [5.41, 5.74) is 5.95. The fourth-order valence-electron chi connectivity index (χ4n) is 3.36. The van der Waals surface area contributed by atoms with Gasteiger partial charge in [0, 0.05) is 30.1 Å². The Hall–Kier alpha value is -4.31. The van der Waals surface area contributed by atoms with Gasteiger partial charge in [-0.15, -0.1) is 0 Å². The fourth-order valence-corrected chi connectivity index (χ4v) is 3.51. The van der Waals surface area contributed by atoms with Crippen molar-refractivity contribution in [1.82, 2.24) is 19.7 Å². The predicted octanol–water partition coefficient (Wildman–Crippen LogP) is 4.45. The number of nitrogens with one attached hydrogen (secondary N) is 1. The fraction of sp³-hybridized carbons (Fsp3) is 0.125. The van der Waals surface area contributed by atoms with Crippen LogP contribution in [0, 0.1) is 5.82 Å². The van der Waals surface area contributed by atoms with Gasteiger partial charge < -0.3 is 15.8 Å². The van der Waals surface area contributed by atoms with Gasteiger partial charge in [-0.2, -0.15) is 5.10 Å². The number of amides is 1. The molecule has 1 aromatic carbocycles. The molecule has 1 aliphatic rings. The van der Waals surface area contributed by atoms with E-state index in [1.54, 1.807) is 23.0 Å². The molecule has 3 heterocycles. The van der Waals surface area contributed by atoms with Gasteiger partial charge in [0.25, 0.3) is 5.91 Å². The standard InChI is InChI=1S/C24H18ClFN6O3/c25-20-18(9-10-28-23(20)27)35-19-8-5-15(11-29-19)30-24(34)21-22(33)17(12-32(31-21)16-6-7-16)13-1-3-14(26)4-2-13/h1-5,8-12,16H,6-7H2,(H2,27,28)(H,30,34). The highest BCUT2D eigenvalue weighted by molar-refractivity contribution is 6.34. The maximum absolute atomic E-state index is 13.4. The minimum Gasteiger partial charge on any atom is -0.437 e. The van der Waals surface area contributed by atoms with Gasteiger partial charge in [-0.1, -0.05) is 23.7 Å². The Morgan fingerprint density at radius 1 is 1.14 bits per heavy atom. The van der Waals surface area contributed by atoms with E-state index in [-0.39, 0.29) is 39.8 Å². The number of nitrogens with two attached hydrogens (primary N) is 1. The number of nitrogen functional groups attached to an aromatic ring is 1. The van der Waals surface area contributed by atoms with E-state index in [0.717, 1.165) is 12.8 Å². The van der Waals surface area contributed by atoms with Crippen LogP contribution in [0.15, 0.2) is 65.8 Å². The third-order valence-corrected chi connectivity index (χ3v) is 5.70. The van der Waals surface area contributed by atoms with Crippen LogP contribution in [0.2, 0.25) is 5.02 Å². The SMILES string of the molecule is Nc1nccc(Oc2ccc(NC(=O)c3nn(C4CC4)cc(-c4ccc(F)cc4)c3=O)cn2)c1Cl. The van der Waals surface area contributed by atoms with E-state index in [2.05, 4.69) is 20.4 Å². The number of halogens is 2. The summed E-state index contributed by atoms with van der Waals surface area (Å²) in [7, 11) is 0. The van der Waals surface area contributed by atoms with Gasteiger partial charge in [0.15, 0.2) is 11.4 Å². The quantitative estimate of drug-likeness (QED) is 0.407. The van der Waals surface area contributed by atoms with Crippen molar-refractivity contribution in [2.24, 2.45) is 0 Å². The molecule has 9 nitrogen and oxygen atoms in total. The number of hydrogen-bond donors (Lipinski definition) is 2. The highest BCUT2D eigenvalue weighted by Gasteiger charge is 2.27. The predicted molar refractivity (Wildman–Crippen MR) is 128 cm³/mol. The van der Waals surface area contributed by atoms with Crippen molar-refractivity contribution < 1.29 is 13.9 Å². The van der Waals surface area contributed by atoms with Gasteiger partial charge in [-0.3, -0.25) is 14.3 Å². The molecule has 3 N–H and O–H groups in total. The Labute approximate surface area is 203 Å². The van der Waals surface area contributed by atoms with Crippen LogP contribution >= 0.6 is 11.6 Å². The zero-order chi connectivity index (χ0) is 24.5. The van der Waals surface area contributed by atoms with Gasteiger partial charge in [-0.25, -0.2) is 14.4 Å². The molecule has 0 aliphatic heterocycles. The number of benzene rings is 1. The number of anilines is 2. The molecule has 0 radical (unpaired) electrons. The number of nitrogens with zero attached hydrogens (tertiary/aromatic N) is 4. The van der Waals surface area contributed by atoms with Gasteiger partial charge >= 0.3 is 0 Å². The number of ether oxygens (including phenoxy) is 1. The zero-order valence-corrected chi connectivity index (χ0v) is 18.9. The number of carbonyl (C=O) groups excluding carboxylic acids is 1. The lowest BCUT2D eigenvalue weighted by Crippen LogP contribution is -2.27. The van der Waals surface area contributed by atoms with Crippen molar-refractivity contribution in [3.8, 4) is 22.8 Å². The van der Waals surface area contributed by atoms with E-state index in [4.69, 9.17) is 22.1 Å². The van der Waals surface area contributed by atoms with Gasteiger partial charge in [0.2, 0.25) is 11.3 Å². The van der Waals surface area contributed by atoms with Crippen LogP contribution in [0.4, 0.5) is 15.9 Å². The minimum absolute atomic E-state index is 0.119. The number of aromatic nitrogens is 4. The minimum atomic E-state index is -0.686. The zero-order valence-electron chi connectivity index (χ0n) is 18.1. The summed E-state index contributed by atoms with van der Waals surface area (Å²) in [6.45, 7) is 0. The summed E-state index contributed by atoms with van der Waals surface area (Å²) in [5, 5.41) is 7.06. The Morgan fingerprint density at radius 2 is 1.91 bits per heavy atom. The molecule has 35 heavy (non-hydrogen) atoms. The van der Waals surface area contributed by atoms with Crippen LogP contribution in [-0.2, 0) is 0 Å². The van der Waals surface area contributed by atoms with Crippen molar-refractivity contribution in [3.05, 3.63) is 87.8 Å². The molecule has 0 bridgehead atoms. The number of hydrogen-bond acceptors (Lipinski definition) is 7. The summed E-state index contributed by atoms with van der Waals surface area (Å²) in [4.78, 5) is 34.1. The molecular formula is C24H18ClFN6O3. The lowest BCUT2D eigenvalue weighted by atomic mass is 10.1. The van der Waals surface area contributed by atoms with E-state index in [1.165, 1.54) is 42.7 Å². The Balaban J connectivity index is 1.39. The highest BCUT2D eigenvalue weighted by atomic mass is 35.5. The van der Waals surface area contributed by atoms with E-state index in [9.17, 15) is 14.0 Å². The van der Waals surface area contributed by atoms with Gasteiger partial charge in [0.1, 0.15) is 16.7 Å². The molecule has 1 saturated carbocycles. The van der Waals surface area contributed by atoms with E-state index in [1.807, 2.05) is 0 Å². The Morgan fingerprint density at radius 3 is 2.60 bits per heavy atom. The summed E-state index contributed by atoms with van der Waals surface area (Å²) in [6.07, 6.45) is 6.23. The lowest BCUT2D eigenvalue weighted by Gasteiger charge is -2.11. The average Bonchev–Trinajstić information content (AvgIpc) is 3.70. The molecule has 0 atom stereocenters. The lowest BCUT2D eigenvalue weighted by molar-refractivity contribution is 0.101. The number of carbonyl (C=O) groups is 1. The Bertz CT molecular complexity index is 1470.